The molecule has 0 atom stereocenters. The first kappa shape index (κ1) is 15.8. The van der Waals surface area contributed by atoms with Crippen molar-refractivity contribution >= 4 is 0 Å². The second-order valence-corrected chi connectivity index (χ2v) is 6.43. The van der Waals surface area contributed by atoms with Gasteiger partial charge in [-0.3, -0.25) is 14.7 Å². The first-order valence-corrected chi connectivity index (χ1v) is 8.58. The fraction of sp³-hybridized carbons (Fsp3) is 0.316. The summed E-state index contributed by atoms with van der Waals surface area (Å²) in [5, 5.41) is 0. The summed E-state index contributed by atoms with van der Waals surface area (Å²) in [6.07, 6.45) is 7.27. The quantitative estimate of drug-likeness (QED) is 0.793. The molecule has 0 amide bonds. The molecule has 0 spiro atoms. The Bertz CT molecular complexity index is 928. The second-order valence-electron chi connectivity index (χ2n) is 6.43. The van der Waals surface area contributed by atoms with Crippen LogP contribution in [0.25, 0.3) is 5.69 Å². The molecule has 128 valence electrons. The van der Waals surface area contributed by atoms with Crippen molar-refractivity contribution in [3.05, 3.63) is 76.0 Å². The number of aromatic amines is 1. The van der Waals surface area contributed by atoms with Crippen LogP contribution in [-0.4, -0.2) is 37.5 Å². The summed E-state index contributed by atoms with van der Waals surface area (Å²) in [6.45, 7) is 4.44. The zero-order chi connectivity index (χ0) is 17.2. The highest BCUT2D eigenvalue weighted by Gasteiger charge is 2.19. The number of hydrogen-bond donors (Lipinski definition) is 1. The smallest absolute Gasteiger partial charge is 0.254 e. The van der Waals surface area contributed by atoms with Crippen LogP contribution in [0, 0.1) is 6.92 Å². The van der Waals surface area contributed by atoms with Crippen LogP contribution >= 0.6 is 0 Å². The van der Waals surface area contributed by atoms with Crippen LogP contribution in [0.2, 0.25) is 0 Å². The molecule has 0 aliphatic carbocycles. The molecule has 6 nitrogen and oxygen atoms in total. The Labute approximate surface area is 146 Å². The van der Waals surface area contributed by atoms with Crippen molar-refractivity contribution < 1.29 is 0 Å². The third kappa shape index (κ3) is 3.25. The topological polar surface area (TPSA) is 66.8 Å². The van der Waals surface area contributed by atoms with Gasteiger partial charge < -0.3 is 9.55 Å². The van der Waals surface area contributed by atoms with E-state index in [2.05, 4.69) is 48.8 Å². The van der Waals surface area contributed by atoms with Gasteiger partial charge in [-0.05, 0) is 37.6 Å². The van der Waals surface area contributed by atoms with Gasteiger partial charge in [0.1, 0.15) is 5.82 Å². The molecule has 0 saturated carbocycles. The Hall–Kier alpha value is -2.73. The summed E-state index contributed by atoms with van der Waals surface area (Å²) in [5.41, 5.74) is 4.09. The lowest BCUT2D eigenvalue weighted by Crippen LogP contribution is -2.27. The fourth-order valence-electron chi connectivity index (χ4n) is 3.46. The highest BCUT2D eigenvalue weighted by atomic mass is 16.1. The van der Waals surface area contributed by atoms with Gasteiger partial charge in [-0.25, -0.2) is 4.98 Å². The minimum atomic E-state index is 0.0167. The first-order valence-electron chi connectivity index (χ1n) is 8.58. The Morgan fingerprint density at radius 2 is 2.08 bits per heavy atom. The van der Waals surface area contributed by atoms with Crippen LogP contribution in [0.15, 0.2) is 47.7 Å². The van der Waals surface area contributed by atoms with Gasteiger partial charge in [0.15, 0.2) is 0 Å². The number of pyridine rings is 1. The number of rotatable bonds is 3. The monoisotopic (exact) mass is 335 g/mol. The lowest BCUT2D eigenvalue weighted by Gasteiger charge is -2.20. The van der Waals surface area contributed by atoms with E-state index in [9.17, 15) is 4.79 Å². The number of nitrogens with one attached hydrogen (secondary N) is 1. The maximum Gasteiger partial charge on any atom is 0.254 e. The third-order valence-electron chi connectivity index (χ3n) is 4.71. The zero-order valence-corrected chi connectivity index (χ0v) is 14.3. The van der Waals surface area contributed by atoms with E-state index in [4.69, 9.17) is 0 Å². The molecule has 25 heavy (non-hydrogen) atoms. The molecule has 1 N–H and O–H groups in total. The number of hydrogen-bond acceptors (Lipinski definition) is 4. The molecule has 4 rings (SSSR count). The Kier molecular flexibility index (Phi) is 4.19. The molecule has 3 aromatic heterocycles. The summed E-state index contributed by atoms with van der Waals surface area (Å²) in [6, 6.07) is 8.20. The molecule has 4 heterocycles. The van der Waals surface area contributed by atoms with Crippen LogP contribution in [0.1, 0.15) is 22.8 Å². The van der Waals surface area contributed by atoms with E-state index in [1.54, 1.807) is 6.20 Å². The van der Waals surface area contributed by atoms with E-state index in [0.29, 0.717) is 5.82 Å². The van der Waals surface area contributed by atoms with Gasteiger partial charge in [-0.15, -0.1) is 0 Å². The lowest BCUT2D eigenvalue weighted by atomic mass is 10.1. The highest BCUT2D eigenvalue weighted by molar-refractivity contribution is 5.32. The Morgan fingerprint density at radius 3 is 2.92 bits per heavy atom. The van der Waals surface area contributed by atoms with Crippen molar-refractivity contribution in [3.63, 3.8) is 0 Å². The van der Waals surface area contributed by atoms with Gasteiger partial charge in [0, 0.05) is 49.7 Å². The van der Waals surface area contributed by atoms with Crippen LogP contribution in [-0.2, 0) is 19.4 Å². The van der Waals surface area contributed by atoms with E-state index in [1.165, 1.54) is 5.69 Å². The van der Waals surface area contributed by atoms with Gasteiger partial charge in [0.25, 0.3) is 5.56 Å². The van der Waals surface area contributed by atoms with Crippen molar-refractivity contribution in [3.8, 4) is 5.69 Å². The average molecular weight is 335 g/mol. The van der Waals surface area contributed by atoms with Crippen molar-refractivity contribution in [2.45, 2.75) is 26.3 Å². The van der Waals surface area contributed by atoms with Crippen molar-refractivity contribution in [1.29, 1.82) is 0 Å². The summed E-state index contributed by atoms with van der Waals surface area (Å²) < 4.78 is 2.17. The number of nitrogens with zero attached hydrogens (tertiary/aromatic N) is 4. The van der Waals surface area contributed by atoms with E-state index < -0.39 is 0 Å². The molecule has 3 aromatic rings. The van der Waals surface area contributed by atoms with E-state index in [1.807, 2.05) is 19.2 Å². The second kappa shape index (κ2) is 6.64. The summed E-state index contributed by atoms with van der Waals surface area (Å²) >= 11 is 0. The molecule has 0 fully saturated rings. The summed E-state index contributed by atoms with van der Waals surface area (Å²) in [5.74, 6) is 0.697. The van der Waals surface area contributed by atoms with Crippen molar-refractivity contribution in [2.75, 3.05) is 13.1 Å². The van der Waals surface area contributed by atoms with Crippen molar-refractivity contribution in [1.82, 2.24) is 24.4 Å². The number of fused-ring (bicyclic) bond motifs is 1. The predicted octanol–water partition coefficient (Wildman–Crippen LogP) is 1.86. The molecule has 0 saturated heterocycles. The van der Waals surface area contributed by atoms with Crippen LogP contribution in [0.4, 0.5) is 0 Å². The molecule has 0 bridgehead atoms. The summed E-state index contributed by atoms with van der Waals surface area (Å²) in [7, 11) is 0. The van der Waals surface area contributed by atoms with Gasteiger partial charge in [-0.2, -0.15) is 0 Å². The molecule has 0 aromatic carbocycles. The normalized spacial score (nSPS) is 14.9. The standard InChI is InChI=1S/C19H21N5O/c1-14-21-18-7-11-23(10-6-17(18)19(25)22-14)13-16-5-3-9-24(16)15-4-2-8-20-12-15/h2-5,8-9,12H,6-7,10-11,13H2,1H3,(H,21,22,25). The predicted molar refractivity (Wildman–Crippen MR) is 95.8 cm³/mol. The summed E-state index contributed by atoms with van der Waals surface area (Å²) in [4.78, 5) is 26.1. The molecular weight excluding hydrogens is 314 g/mol. The average Bonchev–Trinajstić information content (AvgIpc) is 2.97. The third-order valence-corrected chi connectivity index (χ3v) is 4.71. The minimum Gasteiger partial charge on any atom is -0.318 e. The number of aromatic nitrogens is 4. The van der Waals surface area contributed by atoms with E-state index in [0.717, 1.165) is 49.4 Å². The largest absolute Gasteiger partial charge is 0.318 e. The van der Waals surface area contributed by atoms with Crippen molar-refractivity contribution in [2.24, 2.45) is 0 Å². The van der Waals surface area contributed by atoms with Gasteiger partial charge in [0.05, 0.1) is 17.6 Å². The Morgan fingerprint density at radius 1 is 1.20 bits per heavy atom. The van der Waals surface area contributed by atoms with Crippen LogP contribution < -0.4 is 5.56 Å². The molecule has 1 aliphatic heterocycles. The number of aryl methyl sites for hydroxylation is 1. The minimum absolute atomic E-state index is 0.0167. The maximum absolute atomic E-state index is 12.2. The Balaban J connectivity index is 1.53. The molecule has 6 heteroatoms. The van der Waals surface area contributed by atoms with Gasteiger partial charge in [0.2, 0.25) is 0 Å². The molecule has 0 radical (unpaired) electrons. The maximum atomic E-state index is 12.2. The molecule has 0 unspecified atom stereocenters. The van der Waals surface area contributed by atoms with E-state index >= 15 is 0 Å². The first-order chi connectivity index (χ1) is 12.2. The lowest BCUT2D eigenvalue weighted by molar-refractivity contribution is 0.274. The SMILES string of the molecule is Cc1nc2c(c(=O)[nH]1)CCN(Cc1cccn1-c1cccnc1)CC2. The molecular formula is C19H21N5O. The van der Waals surface area contributed by atoms with Crippen LogP contribution in [0.3, 0.4) is 0 Å². The number of H-pyrrole nitrogens is 1. The van der Waals surface area contributed by atoms with Gasteiger partial charge >= 0.3 is 0 Å². The van der Waals surface area contributed by atoms with E-state index in [-0.39, 0.29) is 5.56 Å². The molecule has 1 aliphatic rings. The van der Waals surface area contributed by atoms with Crippen LogP contribution in [0.5, 0.6) is 0 Å². The fourth-order valence-corrected chi connectivity index (χ4v) is 3.46. The van der Waals surface area contributed by atoms with Gasteiger partial charge in [-0.1, -0.05) is 0 Å². The highest BCUT2D eigenvalue weighted by Crippen LogP contribution is 2.16. The zero-order valence-electron chi connectivity index (χ0n) is 14.3.